The molecule has 2 heterocycles. The first-order valence-corrected chi connectivity index (χ1v) is 9.75. The molecule has 3 rings (SSSR count). The van der Waals surface area contributed by atoms with Crippen molar-refractivity contribution >= 4 is 39.5 Å². The molecule has 2 aromatic heterocycles. The zero-order valence-electron chi connectivity index (χ0n) is 14.8. The highest BCUT2D eigenvalue weighted by Crippen LogP contribution is 2.37. The first kappa shape index (κ1) is 18.9. The minimum absolute atomic E-state index is 0.130. The highest BCUT2D eigenvalue weighted by atomic mass is 32.1. The molecule has 2 amide bonds. The Morgan fingerprint density at radius 1 is 1.11 bits per heavy atom. The van der Waals surface area contributed by atoms with Crippen molar-refractivity contribution in [1.29, 1.82) is 0 Å². The van der Waals surface area contributed by atoms with E-state index in [0.29, 0.717) is 22.1 Å². The monoisotopic (exact) mass is 402 g/mol. The Hall–Kier alpha value is -2.84. The maximum atomic E-state index is 12.5. The van der Waals surface area contributed by atoms with Gasteiger partial charge in [0.25, 0.3) is 5.91 Å². The van der Waals surface area contributed by atoms with Crippen molar-refractivity contribution < 1.29 is 19.1 Å². The average molecular weight is 402 g/mol. The van der Waals surface area contributed by atoms with Gasteiger partial charge in [0, 0.05) is 15.8 Å². The Balaban J connectivity index is 1.80. The van der Waals surface area contributed by atoms with Crippen LogP contribution in [0.5, 0.6) is 11.5 Å². The van der Waals surface area contributed by atoms with Crippen LogP contribution >= 0.6 is 22.7 Å². The molecule has 3 N–H and O–H groups in total. The molecule has 0 saturated carbocycles. The fourth-order valence-corrected chi connectivity index (χ4v) is 4.46. The molecular formula is C19H18N2O4S2. The highest BCUT2D eigenvalue weighted by molar-refractivity contribution is 7.17. The number of methoxy groups -OCH3 is 2. The van der Waals surface area contributed by atoms with Crippen molar-refractivity contribution in [3.05, 3.63) is 52.2 Å². The lowest BCUT2D eigenvalue weighted by atomic mass is 10.1. The van der Waals surface area contributed by atoms with Crippen LogP contribution in [0.4, 0.5) is 5.00 Å². The van der Waals surface area contributed by atoms with E-state index in [1.165, 1.54) is 22.7 Å². The number of nitrogens with two attached hydrogens (primary N) is 1. The van der Waals surface area contributed by atoms with Crippen LogP contribution < -0.4 is 20.5 Å². The van der Waals surface area contributed by atoms with Crippen LogP contribution in [0.1, 0.15) is 15.9 Å². The van der Waals surface area contributed by atoms with Crippen molar-refractivity contribution in [2.45, 2.75) is 6.42 Å². The van der Waals surface area contributed by atoms with Crippen molar-refractivity contribution in [2.24, 2.45) is 5.73 Å². The van der Waals surface area contributed by atoms with E-state index in [2.05, 4.69) is 5.32 Å². The highest BCUT2D eigenvalue weighted by Gasteiger charge is 2.20. The summed E-state index contributed by atoms with van der Waals surface area (Å²) in [5.74, 6) is 0.332. The van der Waals surface area contributed by atoms with Crippen molar-refractivity contribution in [1.82, 2.24) is 0 Å². The predicted molar refractivity (Wildman–Crippen MR) is 108 cm³/mol. The average Bonchev–Trinajstić information content (AvgIpc) is 3.30. The Morgan fingerprint density at radius 3 is 2.52 bits per heavy atom. The van der Waals surface area contributed by atoms with Crippen molar-refractivity contribution in [2.75, 3.05) is 19.5 Å². The van der Waals surface area contributed by atoms with Gasteiger partial charge in [-0.25, -0.2) is 0 Å². The molecule has 0 atom stereocenters. The van der Waals surface area contributed by atoms with E-state index in [9.17, 15) is 9.59 Å². The van der Waals surface area contributed by atoms with E-state index in [1.807, 2.05) is 22.9 Å². The zero-order valence-corrected chi connectivity index (χ0v) is 16.4. The molecule has 8 heteroatoms. The van der Waals surface area contributed by atoms with Gasteiger partial charge in [0.05, 0.1) is 26.2 Å². The summed E-state index contributed by atoms with van der Waals surface area (Å²) in [5.41, 5.74) is 7.40. The second kappa shape index (κ2) is 8.24. The lowest BCUT2D eigenvalue weighted by Crippen LogP contribution is -2.18. The molecule has 6 nitrogen and oxygen atoms in total. The first-order valence-electron chi connectivity index (χ1n) is 7.99. The van der Waals surface area contributed by atoms with E-state index in [1.54, 1.807) is 32.4 Å². The van der Waals surface area contributed by atoms with Gasteiger partial charge in [0.1, 0.15) is 5.00 Å². The van der Waals surface area contributed by atoms with Gasteiger partial charge in [-0.15, -0.1) is 22.7 Å². The van der Waals surface area contributed by atoms with Gasteiger partial charge >= 0.3 is 0 Å². The molecule has 0 unspecified atom stereocenters. The normalized spacial score (nSPS) is 10.4. The Bertz CT molecular complexity index is 964. The summed E-state index contributed by atoms with van der Waals surface area (Å²) >= 11 is 2.79. The predicted octanol–water partition coefficient (Wildman–Crippen LogP) is 3.77. The third kappa shape index (κ3) is 4.12. The SMILES string of the molecule is COc1ccc(CC(=O)Nc2scc(-c3cccs3)c2C(N)=O)cc1OC. The molecule has 3 aromatic rings. The van der Waals surface area contributed by atoms with Gasteiger partial charge in [-0.2, -0.15) is 0 Å². The van der Waals surface area contributed by atoms with Crippen LogP contribution in [0, 0.1) is 0 Å². The van der Waals surface area contributed by atoms with Crippen LogP contribution in [0.3, 0.4) is 0 Å². The summed E-state index contributed by atoms with van der Waals surface area (Å²) in [5, 5.41) is 7.01. The van der Waals surface area contributed by atoms with E-state index < -0.39 is 5.91 Å². The van der Waals surface area contributed by atoms with Crippen LogP contribution in [-0.2, 0) is 11.2 Å². The third-order valence-electron chi connectivity index (χ3n) is 3.89. The number of benzene rings is 1. The number of amides is 2. The van der Waals surface area contributed by atoms with Crippen LogP contribution in [0.25, 0.3) is 10.4 Å². The van der Waals surface area contributed by atoms with Crippen molar-refractivity contribution in [3.8, 4) is 21.9 Å². The number of ether oxygens (including phenoxy) is 2. The molecule has 0 aliphatic heterocycles. The second-order valence-electron chi connectivity index (χ2n) is 5.61. The molecule has 0 spiro atoms. The van der Waals surface area contributed by atoms with Gasteiger partial charge in [0.15, 0.2) is 11.5 Å². The number of hydrogen-bond donors (Lipinski definition) is 2. The first-order chi connectivity index (χ1) is 13.0. The van der Waals surface area contributed by atoms with Crippen LogP contribution in [0.15, 0.2) is 41.1 Å². The summed E-state index contributed by atoms with van der Waals surface area (Å²) in [7, 11) is 3.09. The largest absolute Gasteiger partial charge is 0.493 e. The van der Waals surface area contributed by atoms with Gasteiger partial charge in [-0.05, 0) is 29.1 Å². The molecule has 0 aliphatic rings. The molecule has 0 saturated heterocycles. The summed E-state index contributed by atoms with van der Waals surface area (Å²) in [6.45, 7) is 0. The molecule has 0 radical (unpaired) electrons. The van der Waals surface area contributed by atoms with Gasteiger partial charge < -0.3 is 20.5 Å². The molecule has 0 bridgehead atoms. The summed E-state index contributed by atoms with van der Waals surface area (Å²) in [4.78, 5) is 25.4. The Kier molecular flexibility index (Phi) is 5.78. The number of rotatable bonds is 7. The number of thiophene rings is 2. The number of anilines is 1. The maximum absolute atomic E-state index is 12.5. The zero-order chi connectivity index (χ0) is 19.4. The summed E-state index contributed by atoms with van der Waals surface area (Å²) < 4.78 is 10.5. The molecular weight excluding hydrogens is 384 g/mol. The fourth-order valence-electron chi connectivity index (χ4n) is 2.65. The van der Waals surface area contributed by atoms with Crippen molar-refractivity contribution in [3.63, 3.8) is 0 Å². The van der Waals surface area contributed by atoms with Crippen LogP contribution in [-0.4, -0.2) is 26.0 Å². The summed E-state index contributed by atoms with van der Waals surface area (Å²) in [6, 6.07) is 9.10. The molecule has 0 fully saturated rings. The standard InChI is InChI=1S/C19H18N2O4S2/c1-24-13-6-5-11(8-14(13)25-2)9-16(22)21-19-17(18(20)23)12(10-27-19)15-4-3-7-26-15/h3-8,10H,9H2,1-2H3,(H2,20,23)(H,21,22). The number of hydrogen-bond acceptors (Lipinski definition) is 6. The number of primary amides is 1. The van der Waals surface area contributed by atoms with Crippen LogP contribution in [0.2, 0.25) is 0 Å². The quantitative estimate of drug-likeness (QED) is 0.629. The minimum Gasteiger partial charge on any atom is -0.493 e. The van der Waals surface area contributed by atoms with E-state index in [0.717, 1.165) is 16.0 Å². The Morgan fingerprint density at radius 2 is 1.89 bits per heavy atom. The lowest BCUT2D eigenvalue weighted by molar-refractivity contribution is -0.115. The smallest absolute Gasteiger partial charge is 0.252 e. The van der Waals surface area contributed by atoms with E-state index >= 15 is 0 Å². The molecule has 1 aromatic carbocycles. The molecule has 27 heavy (non-hydrogen) atoms. The molecule has 0 aliphatic carbocycles. The fraction of sp³-hybridized carbons (Fsp3) is 0.158. The van der Waals surface area contributed by atoms with E-state index in [-0.39, 0.29) is 12.3 Å². The second-order valence-corrected chi connectivity index (χ2v) is 7.44. The number of nitrogens with one attached hydrogen (secondary N) is 1. The minimum atomic E-state index is -0.568. The van der Waals surface area contributed by atoms with Gasteiger partial charge in [0.2, 0.25) is 5.91 Å². The number of carbonyl (C=O) groups is 2. The number of carbonyl (C=O) groups excluding carboxylic acids is 2. The topological polar surface area (TPSA) is 90.6 Å². The Labute approximate surface area is 164 Å². The van der Waals surface area contributed by atoms with Gasteiger partial charge in [-0.3, -0.25) is 9.59 Å². The van der Waals surface area contributed by atoms with E-state index in [4.69, 9.17) is 15.2 Å². The maximum Gasteiger partial charge on any atom is 0.252 e. The third-order valence-corrected chi connectivity index (χ3v) is 5.69. The van der Waals surface area contributed by atoms with Gasteiger partial charge in [-0.1, -0.05) is 12.1 Å². The molecule has 140 valence electrons. The lowest BCUT2D eigenvalue weighted by Gasteiger charge is -2.10. The summed E-state index contributed by atoms with van der Waals surface area (Å²) in [6.07, 6.45) is 0.130.